The highest BCUT2D eigenvalue weighted by Gasteiger charge is 2.19. The molecule has 6 nitrogen and oxygen atoms in total. The SMILES string of the molecule is CC/C=C\C/C=C\C/C=C\C/C=C\C/C=C\C/C=C\C/C=C\CCCCCCCCCCCC(=O)OCC(COC(=O)CCCCCCC/C=C\CCCCC)OC(=O)CCCCCCCCCCCCCCCCCCCC. The molecule has 0 spiro atoms. The molecule has 1 atom stereocenters. The molecule has 0 aromatic carbocycles. The van der Waals surface area contributed by atoms with Gasteiger partial charge in [-0.15, -0.1) is 0 Å². The third-order valence-electron chi connectivity index (χ3n) is 14.6. The fraction of sp³-hybridized carbons (Fsp3) is 0.740. The molecule has 6 heteroatoms. The number of carbonyl (C=O) groups is 3. The first-order valence-corrected chi connectivity index (χ1v) is 33.7. The van der Waals surface area contributed by atoms with Gasteiger partial charge in [0.1, 0.15) is 13.2 Å². The zero-order valence-corrected chi connectivity index (χ0v) is 52.1. The third kappa shape index (κ3) is 65.0. The van der Waals surface area contributed by atoms with Gasteiger partial charge in [0.2, 0.25) is 0 Å². The van der Waals surface area contributed by atoms with Crippen molar-refractivity contribution in [2.45, 2.75) is 335 Å². The Hall–Kier alpha value is -3.67. The van der Waals surface area contributed by atoms with E-state index in [9.17, 15) is 14.4 Å². The van der Waals surface area contributed by atoms with Crippen LogP contribution in [0.25, 0.3) is 0 Å². The highest BCUT2D eigenvalue weighted by atomic mass is 16.6. The van der Waals surface area contributed by atoms with E-state index in [1.807, 2.05) is 0 Å². The summed E-state index contributed by atoms with van der Waals surface area (Å²) in [5.74, 6) is -0.880. The second-order valence-corrected chi connectivity index (χ2v) is 22.4. The van der Waals surface area contributed by atoms with Crippen LogP contribution in [-0.4, -0.2) is 37.2 Å². The average Bonchev–Trinajstić information content (AvgIpc) is 3.45. The Bertz CT molecular complexity index is 1540. The summed E-state index contributed by atoms with van der Waals surface area (Å²) in [4.78, 5) is 38.3. The highest BCUT2D eigenvalue weighted by molar-refractivity contribution is 5.71. The van der Waals surface area contributed by atoms with Crippen LogP contribution in [-0.2, 0) is 28.6 Å². The molecular weight excluding hydrogens is 973 g/mol. The van der Waals surface area contributed by atoms with E-state index in [1.54, 1.807) is 0 Å². The Labute approximate surface area is 489 Å². The summed E-state index contributed by atoms with van der Waals surface area (Å²) in [5.41, 5.74) is 0. The lowest BCUT2D eigenvalue weighted by Gasteiger charge is -2.18. The molecule has 1 unspecified atom stereocenters. The Morgan fingerprint density at radius 1 is 0.266 bits per heavy atom. The maximum Gasteiger partial charge on any atom is 0.306 e. The molecule has 0 fully saturated rings. The lowest BCUT2D eigenvalue weighted by Crippen LogP contribution is -2.30. The van der Waals surface area contributed by atoms with E-state index in [-0.39, 0.29) is 31.1 Å². The number of unbranched alkanes of at least 4 members (excludes halogenated alkanes) is 34. The first-order valence-electron chi connectivity index (χ1n) is 33.7. The van der Waals surface area contributed by atoms with Crippen molar-refractivity contribution in [1.82, 2.24) is 0 Å². The second kappa shape index (κ2) is 66.8. The number of allylic oxidation sites excluding steroid dienone is 16. The van der Waals surface area contributed by atoms with Gasteiger partial charge in [-0.25, -0.2) is 0 Å². The van der Waals surface area contributed by atoms with Gasteiger partial charge in [-0.3, -0.25) is 14.4 Å². The van der Waals surface area contributed by atoms with Crippen molar-refractivity contribution in [2.75, 3.05) is 13.2 Å². The first-order chi connectivity index (χ1) is 39.0. The standard InChI is InChI=1S/C73H126O6/c1-4-7-10-13-16-19-22-25-27-29-31-32-33-34-35-36-37-38-39-40-41-42-43-45-46-48-51-54-57-60-63-66-72(75)78-69-70(68-77-71(74)65-62-59-56-53-50-24-21-18-15-12-9-6-3)79-73(76)67-64-61-58-55-52-49-47-44-30-28-26-23-20-17-14-11-8-5-2/h7,10,16,18-19,21,25,27,31-32,34-35,37-38,40-41,70H,4-6,8-9,11-15,17,20,22-24,26,28-30,33,36,39,42-69H2,1-3H3/b10-7-,19-16-,21-18-,27-25-,32-31-,35-34-,38-37-,41-40-. The molecule has 0 saturated heterocycles. The van der Waals surface area contributed by atoms with Gasteiger partial charge in [0, 0.05) is 19.3 Å². The summed E-state index contributed by atoms with van der Waals surface area (Å²) < 4.78 is 16.9. The van der Waals surface area contributed by atoms with Gasteiger partial charge < -0.3 is 14.2 Å². The van der Waals surface area contributed by atoms with Crippen LogP contribution in [0.15, 0.2) is 97.2 Å². The molecule has 0 bridgehead atoms. The van der Waals surface area contributed by atoms with Crippen molar-refractivity contribution in [3.63, 3.8) is 0 Å². The number of rotatable bonds is 61. The maximum atomic E-state index is 12.9. The van der Waals surface area contributed by atoms with Crippen LogP contribution in [0.3, 0.4) is 0 Å². The van der Waals surface area contributed by atoms with Crippen LogP contribution < -0.4 is 0 Å². The van der Waals surface area contributed by atoms with Crippen LogP contribution in [0.1, 0.15) is 329 Å². The molecule has 0 aromatic rings. The minimum atomic E-state index is -0.782. The van der Waals surface area contributed by atoms with Crippen molar-refractivity contribution in [3.8, 4) is 0 Å². The van der Waals surface area contributed by atoms with Gasteiger partial charge in [-0.1, -0.05) is 304 Å². The second-order valence-electron chi connectivity index (χ2n) is 22.4. The van der Waals surface area contributed by atoms with Crippen LogP contribution in [0, 0.1) is 0 Å². The van der Waals surface area contributed by atoms with Gasteiger partial charge in [-0.2, -0.15) is 0 Å². The van der Waals surface area contributed by atoms with Gasteiger partial charge in [0.25, 0.3) is 0 Å². The van der Waals surface area contributed by atoms with Crippen LogP contribution >= 0.6 is 0 Å². The molecule has 0 aliphatic heterocycles. The molecule has 454 valence electrons. The number of esters is 3. The summed E-state index contributed by atoms with van der Waals surface area (Å²) in [6.45, 7) is 6.53. The zero-order chi connectivity index (χ0) is 57.1. The van der Waals surface area contributed by atoms with E-state index in [4.69, 9.17) is 14.2 Å². The van der Waals surface area contributed by atoms with Gasteiger partial charge in [0.15, 0.2) is 6.10 Å². The Kier molecular flexibility index (Phi) is 63.7. The topological polar surface area (TPSA) is 78.9 Å². The Morgan fingerprint density at radius 3 is 0.810 bits per heavy atom. The van der Waals surface area contributed by atoms with Gasteiger partial charge >= 0.3 is 17.9 Å². The van der Waals surface area contributed by atoms with E-state index in [0.717, 1.165) is 116 Å². The number of carbonyl (C=O) groups excluding carboxylic acids is 3. The summed E-state index contributed by atoms with van der Waals surface area (Å²) in [6, 6.07) is 0. The predicted molar refractivity (Wildman–Crippen MR) is 344 cm³/mol. The molecule has 0 saturated carbocycles. The fourth-order valence-electron chi connectivity index (χ4n) is 9.54. The number of hydrogen-bond acceptors (Lipinski definition) is 6. The van der Waals surface area contributed by atoms with Crippen molar-refractivity contribution >= 4 is 17.9 Å². The highest BCUT2D eigenvalue weighted by Crippen LogP contribution is 2.17. The molecule has 0 rings (SSSR count). The zero-order valence-electron chi connectivity index (χ0n) is 52.1. The third-order valence-corrected chi connectivity index (χ3v) is 14.6. The van der Waals surface area contributed by atoms with Crippen LogP contribution in [0.5, 0.6) is 0 Å². The first kappa shape index (κ1) is 75.3. The molecule has 0 heterocycles. The molecule has 0 N–H and O–H groups in total. The fourth-order valence-corrected chi connectivity index (χ4v) is 9.54. The van der Waals surface area contributed by atoms with Crippen molar-refractivity contribution in [1.29, 1.82) is 0 Å². The van der Waals surface area contributed by atoms with E-state index in [1.165, 1.54) is 173 Å². The Morgan fingerprint density at radius 2 is 0.494 bits per heavy atom. The van der Waals surface area contributed by atoms with E-state index in [0.29, 0.717) is 19.3 Å². The minimum absolute atomic E-state index is 0.0800. The van der Waals surface area contributed by atoms with E-state index < -0.39 is 6.10 Å². The maximum absolute atomic E-state index is 12.9. The van der Waals surface area contributed by atoms with Gasteiger partial charge in [-0.05, 0) is 103 Å². The van der Waals surface area contributed by atoms with E-state index >= 15 is 0 Å². The summed E-state index contributed by atoms with van der Waals surface area (Å²) >= 11 is 0. The van der Waals surface area contributed by atoms with Crippen LogP contribution in [0.2, 0.25) is 0 Å². The lowest BCUT2D eigenvalue weighted by molar-refractivity contribution is -0.167. The largest absolute Gasteiger partial charge is 0.462 e. The molecule has 0 aliphatic rings. The smallest absolute Gasteiger partial charge is 0.306 e. The van der Waals surface area contributed by atoms with Gasteiger partial charge in [0.05, 0.1) is 0 Å². The molecule has 0 amide bonds. The average molecular weight is 1100 g/mol. The lowest BCUT2D eigenvalue weighted by atomic mass is 10.0. The Balaban J connectivity index is 4.25. The van der Waals surface area contributed by atoms with E-state index in [2.05, 4.69) is 118 Å². The minimum Gasteiger partial charge on any atom is -0.462 e. The predicted octanol–water partition coefficient (Wildman–Crippen LogP) is 23.2. The number of hydrogen-bond donors (Lipinski definition) is 0. The molecule has 79 heavy (non-hydrogen) atoms. The molecule has 0 aliphatic carbocycles. The van der Waals surface area contributed by atoms with Crippen molar-refractivity contribution < 1.29 is 28.6 Å². The molecule has 0 aromatic heterocycles. The molecule has 0 radical (unpaired) electrons. The number of ether oxygens (including phenoxy) is 3. The summed E-state index contributed by atoms with van der Waals surface area (Å²) in [6.07, 6.45) is 89.9. The van der Waals surface area contributed by atoms with Crippen molar-refractivity contribution in [2.24, 2.45) is 0 Å². The monoisotopic (exact) mass is 1100 g/mol. The normalized spacial score (nSPS) is 12.7. The summed E-state index contributed by atoms with van der Waals surface area (Å²) in [5, 5.41) is 0. The summed E-state index contributed by atoms with van der Waals surface area (Å²) in [7, 11) is 0. The van der Waals surface area contributed by atoms with Crippen LogP contribution in [0.4, 0.5) is 0 Å². The quantitative estimate of drug-likeness (QED) is 0.0261. The molecular formula is C73H126O6. The van der Waals surface area contributed by atoms with Crippen molar-refractivity contribution in [3.05, 3.63) is 97.2 Å².